The summed E-state index contributed by atoms with van der Waals surface area (Å²) < 4.78 is 0. The molecule has 0 aliphatic carbocycles. The first kappa shape index (κ1) is 12.2. The summed E-state index contributed by atoms with van der Waals surface area (Å²) >= 11 is 1.71. The van der Waals surface area contributed by atoms with Crippen LogP contribution in [0.2, 0.25) is 0 Å². The van der Waals surface area contributed by atoms with Crippen molar-refractivity contribution in [2.75, 3.05) is 19.6 Å². The highest BCUT2D eigenvalue weighted by Crippen LogP contribution is 2.32. The minimum Gasteiger partial charge on any atom is -0.344 e. The van der Waals surface area contributed by atoms with Gasteiger partial charge in [0.15, 0.2) is 0 Å². The summed E-state index contributed by atoms with van der Waals surface area (Å²) in [7, 11) is 0. The predicted molar refractivity (Wildman–Crippen MR) is 69.7 cm³/mol. The van der Waals surface area contributed by atoms with Crippen LogP contribution in [0.15, 0.2) is 16.8 Å². The van der Waals surface area contributed by atoms with Crippen LogP contribution in [-0.4, -0.2) is 30.4 Å². The van der Waals surface area contributed by atoms with Crippen LogP contribution >= 0.6 is 11.3 Å². The van der Waals surface area contributed by atoms with E-state index in [9.17, 15) is 4.79 Å². The molecule has 1 amide bonds. The number of carbonyl (C=O) groups excluding carboxylic acids is 1. The molecule has 1 saturated heterocycles. The molecule has 2 heterocycles. The molecule has 1 aliphatic rings. The Labute approximate surface area is 106 Å². The lowest BCUT2D eigenvalue weighted by atomic mass is 10.1. The number of nitrogens with zero attached hydrogens (tertiary/aromatic N) is 1. The number of nitrogens with one attached hydrogen (secondary N) is 1. The Bertz CT molecular complexity index is 408. The first-order valence-electron chi connectivity index (χ1n) is 5.77. The third kappa shape index (κ3) is 3.09. The SMILES string of the molecule is C#CCNC(=O)CN1CCCC1c1ccsc1. The minimum absolute atomic E-state index is 0.0186. The van der Waals surface area contributed by atoms with Crippen molar-refractivity contribution >= 4 is 17.2 Å². The number of hydrogen-bond donors (Lipinski definition) is 1. The number of hydrogen-bond acceptors (Lipinski definition) is 3. The summed E-state index contributed by atoms with van der Waals surface area (Å²) in [6.07, 6.45) is 7.41. The Balaban J connectivity index is 1.92. The molecule has 1 fully saturated rings. The molecule has 0 radical (unpaired) electrons. The van der Waals surface area contributed by atoms with E-state index in [-0.39, 0.29) is 5.91 Å². The maximum Gasteiger partial charge on any atom is 0.234 e. The highest BCUT2D eigenvalue weighted by atomic mass is 32.1. The smallest absolute Gasteiger partial charge is 0.234 e. The van der Waals surface area contributed by atoms with Crippen molar-refractivity contribution in [1.29, 1.82) is 0 Å². The average Bonchev–Trinajstić information content (AvgIpc) is 2.95. The number of carbonyl (C=O) groups is 1. The first-order valence-corrected chi connectivity index (χ1v) is 6.72. The number of rotatable bonds is 4. The first-order chi connectivity index (χ1) is 8.31. The number of terminal acetylenes is 1. The standard InChI is InChI=1S/C13H16N2OS/c1-2-6-14-13(16)9-15-7-3-4-12(15)11-5-8-17-10-11/h1,5,8,10,12H,3-4,6-7,9H2,(H,14,16). The van der Waals surface area contributed by atoms with Gasteiger partial charge in [0.1, 0.15) is 0 Å². The van der Waals surface area contributed by atoms with Crippen LogP contribution in [-0.2, 0) is 4.79 Å². The van der Waals surface area contributed by atoms with E-state index in [1.54, 1.807) is 11.3 Å². The van der Waals surface area contributed by atoms with E-state index >= 15 is 0 Å². The summed E-state index contributed by atoms with van der Waals surface area (Å²) in [5, 5.41) is 6.97. The average molecular weight is 248 g/mol. The number of amides is 1. The van der Waals surface area contributed by atoms with Crippen LogP contribution in [0.3, 0.4) is 0 Å². The predicted octanol–water partition coefficient (Wildman–Crippen LogP) is 1.63. The van der Waals surface area contributed by atoms with Crippen molar-refractivity contribution in [2.45, 2.75) is 18.9 Å². The highest BCUT2D eigenvalue weighted by molar-refractivity contribution is 7.07. The Kier molecular flexibility index (Phi) is 4.18. The fraction of sp³-hybridized carbons (Fsp3) is 0.462. The molecular weight excluding hydrogens is 232 g/mol. The molecule has 1 unspecified atom stereocenters. The topological polar surface area (TPSA) is 32.3 Å². The zero-order valence-electron chi connectivity index (χ0n) is 9.69. The van der Waals surface area contributed by atoms with E-state index in [4.69, 9.17) is 6.42 Å². The second kappa shape index (κ2) is 5.85. The van der Waals surface area contributed by atoms with Crippen LogP contribution in [0.25, 0.3) is 0 Å². The quantitative estimate of drug-likeness (QED) is 0.822. The Hall–Kier alpha value is -1.31. The van der Waals surface area contributed by atoms with E-state index in [0.29, 0.717) is 19.1 Å². The molecule has 3 nitrogen and oxygen atoms in total. The maximum atomic E-state index is 11.6. The van der Waals surface area contributed by atoms with Crippen LogP contribution < -0.4 is 5.32 Å². The van der Waals surface area contributed by atoms with Gasteiger partial charge in [-0.1, -0.05) is 5.92 Å². The summed E-state index contributed by atoms with van der Waals surface area (Å²) in [5.41, 5.74) is 1.33. The molecule has 0 aromatic carbocycles. The Morgan fingerprint density at radius 2 is 2.59 bits per heavy atom. The van der Waals surface area contributed by atoms with Gasteiger partial charge in [0.25, 0.3) is 0 Å². The number of likely N-dealkylation sites (tertiary alicyclic amines) is 1. The summed E-state index contributed by atoms with van der Waals surface area (Å²) in [4.78, 5) is 13.9. The molecule has 0 spiro atoms. The molecule has 17 heavy (non-hydrogen) atoms. The summed E-state index contributed by atoms with van der Waals surface area (Å²) in [6, 6.07) is 2.55. The normalized spacial score (nSPS) is 20.1. The van der Waals surface area contributed by atoms with Crippen molar-refractivity contribution < 1.29 is 4.79 Å². The van der Waals surface area contributed by atoms with Gasteiger partial charge in [-0.3, -0.25) is 9.69 Å². The van der Waals surface area contributed by atoms with Gasteiger partial charge in [-0.2, -0.15) is 11.3 Å². The fourth-order valence-corrected chi connectivity index (χ4v) is 2.95. The molecule has 0 bridgehead atoms. The second-order valence-electron chi connectivity index (χ2n) is 4.17. The van der Waals surface area contributed by atoms with Crippen LogP contribution in [0.4, 0.5) is 0 Å². The van der Waals surface area contributed by atoms with Gasteiger partial charge in [-0.05, 0) is 41.8 Å². The lowest BCUT2D eigenvalue weighted by Crippen LogP contribution is -2.36. The third-order valence-electron chi connectivity index (χ3n) is 3.03. The van der Waals surface area contributed by atoms with Crippen LogP contribution in [0.1, 0.15) is 24.4 Å². The van der Waals surface area contributed by atoms with Gasteiger partial charge in [0.05, 0.1) is 13.1 Å². The van der Waals surface area contributed by atoms with Crippen molar-refractivity contribution in [3.8, 4) is 12.3 Å². The van der Waals surface area contributed by atoms with Gasteiger partial charge in [-0.15, -0.1) is 6.42 Å². The Morgan fingerprint density at radius 1 is 1.71 bits per heavy atom. The lowest BCUT2D eigenvalue weighted by Gasteiger charge is -2.22. The molecule has 1 N–H and O–H groups in total. The van der Waals surface area contributed by atoms with Crippen molar-refractivity contribution in [2.24, 2.45) is 0 Å². The zero-order valence-corrected chi connectivity index (χ0v) is 10.5. The van der Waals surface area contributed by atoms with Gasteiger partial charge in [-0.25, -0.2) is 0 Å². The highest BCUT2D eigenvalue weighted by Gasteiger charge is 2.27. The minimum atomic E-state index is 0.0186. The van der Waals surface area contributed by atoms with Crippen molar-refractivity contribution in [1.82, 2.24) is 10.2 Å². The fourth-order valence-electron chi connectivity index (χ4n) is 2.25. The summed E-state index contributed by atoms with van der Waals surface area (Å²) in [5.74, 6) is 2.43. The van der Waals surface area contributed by atoms with Crippen LogP contribution in [0.5, 0.6) is 0 Å². The monoisotopic (exact) mass is 248 g/mol. The van der Waals surface area contributed by atoms with Crippen LogP contribution in [0, 0.1) is 12.3 Å². The molecule has 1 aromatic heterocycles. The summed E-state index contributed by atoms with van der Waals surface area (Å²) in [6.45, 7) is 1.75. The molecule has 0 saturated carbocycles. The number of thiophene rings is 1. The third-order valence-corrected chi connectivity index (χ3v) is 3.73. The van der Waals surface area contributed by atoms with E-state index in [1.165, 1.54) is 5.56 Å². The molecule has 1 atom stereocenters. The van der Waals surface area contributed by atoms with E-state index < -0.39 is 0 Å². The zero-order chi connectivity index (χ0) is 12.1. The van der Waals surface area contributed by atoms with Crippen molar-refractivity contribution in [3.05, 3.63) is 22.4 Å². The second-order valence-corrected chi connectivity index (χ2v) is 4.95. The van der Waals surface area contributed by atoms with Gasteiger partial charge in [0.2, 0.25) is 5.91 Å². The van der Waals surface area contributed by atoms with E-state index in [1.807, 2.05) is 0 Å². The van der Waals surface area contributed by atoms with E-state index in [0.717, 1.165) is 19.4 Å². The largest absolute Gasteiger partial charge is 0.344 e. The lowest BCUT2D eigenvalue weighted by molar-refractivity contribution is -0.122. The molecule has 90 valence electrons. The molecule has 1 aromatic rings. The maximum absolute atomic E-state index is 11.6. The van der Waals surface area contributed by atoms with Gasteiger partial charge in [0, 0.05) is 6.04 Å². The Morgan fingerprint density at radius 3 is 3.29 bits per heavy atom. The van der Waals surface area contributed by atoms with Gasteiger partial charge >= 0.3 is 0 Å². The molecule has 4 heteroatoms. The van der Waals surface area contributed by atoms with E-state index in [2.05, 4.69) is 33.0 Å². The van der Waals surface area contributed by atoms with Crippen molar-refractivity contribution in [3.63, 3.8) is 0 Å². The van der Waals surface area contributed by atoms with Gasteiger partial charge < -0.3 is 5.32 Å². The molecular formula is C13H16N2OS. The molecule has 1 aliphatic heterocycles. The molecule has 2 rings (SSSR count).